The number of para-hydroxylation sites is 1. The average Bonchev–Trinajstić information content (AvgIpc) is 2.55. The van der Waals surface area contributed by atoms with Crippen molar-refractivity contribution in [2.24, 2.45) is 5.10 Å². The number of nitrogens with zero attached hydrogens (tertiary/aromatic N) is 2. The molecule has 6 nitrogen and oxygen atoms in total. The zero-order valence-electron chi connectivity index (χ0n) is 11.8. The van der Waals surface area contributed by atoms with Crippen LogP contribution in [0.2, 0.25) is 0 Å². The first-order valence-corrected chi connectivity index (χ1v) is 7.36. The third-order valence-electron chi connectivity index (χ3n) is 2.80. The summed E-state index contributed by atoms with van der Waals surface area (Å²) in [6, 6.07) is 15.2. The lowest BCUT2D eigenvalue weighted by molar-refractivity contribution is -0.385. The van der Waals surface area contributed by atoms with Crippen LogP contribution in [-0.4, -0.2) is 17.0 Å². The molecule has 2 rings (SSSR count). The third kappa shape index (κ3) is 4.86. The van der Waals surface area contributed by atoms with E-state index >= 15 is 0 Å². The molecule has 1 amide bonds. The molecule has 0 atom stereocenters. The smallest absolute Gasteiger partial charge is 0.267 e. The van der Waals surface area contributed by atoms with E-state index in [4.69, 9.17) is 0 Å². The molecule has 1 N–H and O–H groups in total. The number of amides is 1. The van der Waals surface area contributed by atoms with Crippen LogP contribution in [0.4, 0.5) is 5.69 Å². The van der Waals surface area contributed by atoms with Gasteiger partial charge in [-0.25, -0.2) is 5.43 Å². The minimum Gasteiger partial charge on any atom is -0.267 e. The number of carbonyl (C=O) groups is 1. The van der Waals surface area contributed by atoms with Gasteiger partial charge in [0.1, 0.15) is 5.56 Å². The van der Waals surface area contributed by atoms with Gasteiger partial charge in [0.25, 0.3) is 11.6 Å². The summed E-state index contributed by atoms with van der Waals surface area (Å²) in [6.07, 6.45) is 3.22. The maximum Gasteiger partial charge on any atom is 0.282 e. The summed E-state index contributed by atoms with van der Waals surface area (Å²) in [5, 5.41) is 14.7. The predicted molar refractivity (Wildman–Crippen MR) is 92.4 cm³/mol. The van der Waals surface area contributed by atoms with Crippen molar-refractivity contribution in [2.75, 3.05) is 0 Å². The molecule has 0 fully saturated rings. The molecule has 0 aliphatic carbocycles. The monoisotopic (exact) mass is 373 g/mol. The van der Waals surface area contributed by atoms with E-state index < -0.39 is 10.8 Å². The standard InChI is InChI=1S/C16H12BrN3O3/c17-13(10-12-6-2-1-3-7-12)11-18-19-16(21)14-8-4-5-9-15(14)20(22)23/h1-11H,(H,19,21)/b13-10-,18-11-. The molecule has 0 bridgehead atoms. The molecule has 2 aromatic carbocycles. The van der Waals surface area contributed by atoms with E-state index in [1.54, 1.807) is 6.07 Å². The number of hydrazone groups is 1. The van der Waals surface area contributed by atoms with Crippen molar-refractivity contribution >= 4 is 39.8 Å². The van der Waals surface area contributed by atoms with Crippen LogP contribution in [0.5, 0.6) is 0 Å². The lowest BCUT2D eigenvalue weighted by Crippen LogP contribution is -2.18. The second-order valence-corrected chi connectivity index (χ2v) is 5.33. The van der Waals surface area contributed by atoms with Crippen molar-refractivity contribution in [3.63, 3.8) is 0 Å². The van der Waals surface area contributed by atoms with Gasteiger partial charge in [-0.2, -0.15) is 5.10 Å². The number of hydrogen-bond acceptors (Lipinski definition) is 4. The Hall–Kier alpha value is -2.80. The summed E-state index contributed by atoms with van der Waals surface area (Å²) < 4.78 is 0.645. The van der Waals surface area contributed by atoms with Gasteiger partial charge in [0.05, 0.1) is 11.1 Å². The van der Waals surface area contributed by atoms with Gasteiger partial charge in [0, 0.05) is 10.5 Å². The van der Waals surface area contributed by atoms with E-state index in [9.17, 15) is 14.9 Å². The number of allylic oxidation sites excluding steroid dienone is 1. The topological polar surface area (TPSA) is 84.6 Å². The Morgan fingerprint density at radius 2 is 1.78 bits per heavy atom. The first-order valence-electron chi connectivity index (χ1n) is 6.57. The van der Waals surface area contributed by atoms with Gasteiger partial charge >= 0.3 is 0 Å². The summed E-state index contributed by atoms with van der Waals surface area (Å²) >= 11 is 3.31. The number of benzene rings is 2. The lowest BCUT2D eigenvalue weighted by Gasteiger charge is -2.00. The third-order valence-corrected chi connectivity index (χ3v) is 3.24. The highest BCUT2D eigenvalue weighted by molar-refractivity contribution is 9.12. The van der Waals surface area contributed by atoms with Gasteiger partial charge in [-0.1, -0.05) is 42.5 Å². The van der Waals surface area contributed by atoms with Crippen LogP contribution in [0, 0.1) is 10.1 Å². The van der Waals surface area contributed by atoms with Gasteiger partial charge < -0.3 is 0 Å². The van der Waals surface area contributed by atoms with Crippen molar-refractivity contribution in [1.29, 1.82) is 0 Å². The molecule has 7 heteroatoms. The quantitative estimate of drug-likeness (QED) is 0.492. The SMILES string of the molecule is O=C(N/N=C\C(Br)=C\c1ccccc1)c1ccccc1[N+](=O)[O-]. The Morgan fingerprint density at radius 1 is 1.13 bits per heavy atom. The van der Waals surface area contributed by atoms with Crippen LogP contribution in [0.15, 0.2) is 64.2 Å². The highest BCUT2D eigenvalue weighted by Crippen LogP contribution is 2.17. The van der Waals surface area contributed by atoms with E-state index in [1.165, 1.54) is 24.4 Å². The Kier molecular flexibility index (Phi) is 5.76. The maximum absolute atomic E-state index is 11.9. The normalized spacial score (nSPS) is 11.4. The largest absolute Gasteiger partial charge is 0.282 e. The fourth-order valence-corrected chi connectivity index (χ4v) is 2.15. The van der Waals surface area contributed by atoms with E-state index in [-0.39, 0.29) is 11.3 Å². The number of carbonyl (C=O) groups excluding carboxylic acids is 1. The highest BCUT2D eigenvalue weighted by Gasteiger charge is 2.18. The molecule has 2 aromatic rings. The molecule has 0 spiro atoms. The summed E-state index contributed by atoms with van der Waals surface area (Å²) in [5.41, 5.74) is 2.93. The Morgan fingerprint density at radius 3 is 2.48 bits per heavy atom. The summed E-state index contributed by atoms with van der Waals surface area (Å²) in [5.74, 6) is -0.645. The molecular weight excluding hydrogens is 362 g/mol. The maximum atomic E-state index is 11.9. The lowest BCUT2D eigenvalue weighted by atomic mass is 10.2. The molecule has 0 unspecified atom stereocenters. The van der Waals surface area contributed by atoms with Gasteiger partial charge in [-0.05, 0) is 33.6 Å². The van der Waals surface area contributed by atoms with Gasteiger partial charge in [0.2, 0.25) is 0 Å². The number of nitrogens with one attached hydrogen (secondary N) is 1. The predicted octanol–water partition coefficient (Wildman–Crippen LogP) is 3.75. The van der Waals surface area contributed by atoms with Crippen molar-refractivity contribution in [3.8, 4) is 0 Å². The van der Waals surface area contributed by atoms with E-state index in [2.05, 4.69) is 26.5 Å². The number of nitro groups is 1. The van der Waals surface area contributed by atoms with Crippen molar-refractivity contribution in [1.82, 2.24) is 5.43 Å². The van der Waals surface area contributed by atoms with Crippen molar-refractivity contribution in [3.05, 3.63) is 80.3 Å². The molecule has 23 heavy (non-hydrogen) atoms. The number of rotatable bonds is 5. The highest BCUT2D eigenvalue weighted by atomic mass is 79.9. The van der Waals surface area contributed by atoms with E-state index in [0.29, 0.717) is 4.48 Å². The fraction of sp³-hybridized carbons (Fsp3) is 0. The molecule has 0 aliphatic heterocycles. The fourth-order valence-electron chi connectivity index (χ4n) is 1.78. The zero-order valence-corrected chi connectivity index (χ0v) is 13.4. The first-order chi connectivity index (χ1) is 11.1. The second kappa shape index (κ2) is 8.00. The summed E-state index contributed by atoms with van der Waals surface area (Å²) in [7, 11) is 0. The van der Waals surface area contributed by atoms with Gasteiger partial charge in [0.15, 0.2) is 0 Å². The molecule has 116 valence electrons. The number of hydrogen-bond donors (Lipinski definition) is 1. The van der Waals surface area contributed by atoms with Gasteiger partial charge in [-0.15, -0.1) is 0 Å². The van der Waals surface area contributed by atoms with E-state index in [0.717, 1.165) is 5.56 Å². The minimum absolute atomic E-state index is 0.0437. The molecule has 0 saturated carbocycles. The van der Waals surface area contributed by atoms with Crippen LogP contribution in [0.25, 0.3) is 6.08 Å². The zero-order chi connectivity index (χ0) is 16.7. The second-order valence-electron chi connectivity index (χ2n) is 4.41. The first kappa shape index (κ1) is 16.6. The van der Waals surface area contributed by atoms with E-state index in [1.807, 2.05) is 36.4 Å². The van der Waals surface area contributed by atoms with Crippen LogP contribution < -0.4 is 5.43 Å². The van der Waals surface area contributed by atoms with Crippen molar-refractivity contribution in [2.45, 2.75) is 0 Å². The van der Waals surface area contributed by atoms with Crippen molar-refractivity contribution < 1.29 is 9.72 Å². The molecular formula is C16H12BrN3O3. The average molecular weight is 374 g/mol. The Labute approximate surface area is 140 Å². The molecule has 0 radical (unpaired) electrons. The van der Waals surface area contributed by atoms with Crippen LogP contribution in [0.1, 0.15) is 15.9 Å². The van der Waals surface area contributed by atoms with Crippen LogP contribution >= 0.6 is 15.9 Å². The molecule has 0 heterocycles. The summed E-state index contributed by atoms with van der Waals surface area (Å²) in [6.45, 7) is 0. The Balaban J connectivity index is 2.05. The minimum atomic E-state index is -0.645. The Bertz CT molecular complexity index is 773. The number of halogens is 1. The number of nitro benzene ring substituents is 1. The molecule has 0 aromatic heterocycles. The summed E-state index contributed by atoms with van der Waals surface area (Å²) in [4.78, 5) is 22.2. The van der Waals surface area contributed by atoms with Crippen LogP contribution in [0.3, 0.4) is 0 Å². The molecule has 0 saturated heterocycles. The van der Waals surface area contributed by atoms with Gasteiger partial charge in [-0.3, -0.25) is 14.9 Å². The molecule has 0 aliphatic rings. The van der Waals surface area contributed by atoms with Crippen LogP contribution in [-0.2, 0) is 0 Å².